The Morgan fingerprint density at radius 3 is 2.51 bits per heavy atom. The third kappa shape index (κ3) is 4.90. The van der Waals surface area contributed by atoms with E-state index >= 15 is 0 Å². The van der Waals surface area contributed by atoms with Crippen molar-refractivity contribution in [1.29, 1.82) is 0 Å². The van der Waals surface area contributed by atoms with Gasteiger partial charge in [-0.2, -0.15) is 0 Å². The van der Waals surface area contributed by atoms with Crippen molar-refractivity contribution in [2.24, 2.45) is 0 Å². The minimum Gasteiger partial charge on any atom is -0.487 e. The maximum Gasteiger partial charge on any atom is 0.379 e. The summed E-state index contributed by atoms with van der Waals surface area (Å²) in [5.41, 5.74) is 2.06. The van der Waals surface area contributed by atoms with Crippen LogP contribution in [0.2, 0.25) is 0 Å². The van der Waals surface area contributed by atoms with Gasteiger partial charge in [-0.3, -0.25) is 0 Å². The smallest absolute Gasteiger partial charge is 0.379 e. The Morgan fingerprint density at radius 2 is 1.71 bits per heavy atom. The Bertz CT molecular complexity index is 1530. The number of aromatic nitrogens is 1. The second kappa shape index (κ2) is 9.63. The van der Waals surface area contributed by atoms with E-state index in [0.717, 1.165) is 15.2 Å². The topological polar surface area (TPSA) is 101 Å². The Balaban J connectivity index is 1.25. The summed E-state index contributed by atoms with van der Waals surface area (Å²) in [7, 11) is 0. The maximum absolute atomic E-state index is 12.5. The van der Waals surface area contributed by atoms with Crippen LogP contribution in [0.15, 0.2) is 80.1 Å². The standard InChI is InChI=1S/C26H18BrNO7/c1-2-31-25(29)15-3-6-18(7-4-15)32-14-21-20-9-8-19(13-23(20)35-28-21)33-26(30)24-12-16-11-17(27)5-10-22(16)34-24/h3-13H,2,14H2,1H3. The van der Waals surface area contributed by atoms with Crippen molar-refractivity contribution in [3.05, 3.63) is 88.2 Å². The number of hydrogen-bond acceptors (Lipinski definition) is 8. The van der Waals surface area contributed by atoms with Gasteiger partial charge in [0.1, 0.15) is 29.4 Å². The van der Waals surface area contributed by atoms with Gasteiger partial charge >= 0.3 is 11.9 Å². The third-order valence-electron chi connectivity index (χ3n) is 5.15. The van der Waals surface area contributed by atoms with Gasteiger partial charge in [-0.05, 0) is 67.6 Å². The van der Waals surface area contributed by atoms with Gasteiger partial charge in [-0.1, -0.05) is 21.1 Å². The molecular weight excluding hydrogens is 518 g/mol. The molecule has 35 heavy (non-hydrogen) atoms. The summed E-state index contributed by atoms with van der Waals surface area (Å²) in [5, 5.41) is 5.57. The summed E-state index contributed by atoms with van der Waals surface area (Å²) < 4.78 is 28.1. The maximum atomic E-state index is 12.5. The Morgan fingerprint density at radius 1 is 0.914 bits per heavy atom. The van der Waals surface area contributed by atoms with Crippen LogP contribution < -0.4 is 9.47 Å². The van der Waals surface area contributed by atoms with E-state index in [1.165, 1.54) is 0 Å². The highest BCUT2D eigenvalue weighted by Gasteiger charge is 2.17. The number of esters is 2. The van der Waals surface area contributed by atoms with Crippen LogP contribution in [0.4, 0.5) is 0 Å². The van der Waals surface area contributed by atoms with Crippen molar-refractivity contribution in [3.63, 3.8) is 0 Å². The van der Waals surface area contributed by atoms with E-state index in [2.05, 4.69) is 21.1 Å². The molecule has 5 aromatic rings. The average molecular weight is 536 g/mol. The molecule has 8 nitrogen and oxygen atoms in total. The fourth-order valence-corrected chi connectivity index (χ4v) is 3.84. The van der Waals surface area contributed by atoms with Crippen LogP contribution in [0.1, 0.15) is 33.5 Å². The molecule has 0 N–H and O–H groups in total. The molecule has 0 amide bonds. The number of fused-ring (bicyclic) bond motifs is 2. The molecule has 2 aromatic heterocycles. The fourth-order valence-electron chi connectivity index (χ4n) is 3.46. The van der Waals surface area contributed by atoms with Crippen molar-refractivity contribution in [1.82, 2.24) is 5.16 Å². The molecule has 176 valence electrons. The number of nitrogens with zero attached hydrogens (tertiary/aromatic N) is 1. The van der Waals surface area contributed by atoms with Crippen LogP contribution in [0.5, 0.6) is 11.5 Å². The molecule has 0 unspecified atom stereocenters. The fraction of sp³-hybridized carbons (Fsp3) is 0.115. The molecule has 0 aliphatic carbocycles. The number of furan rings is 1. The van der Waals surface area contributed by atoms with E-state index in [1.54, 1.807) is 61.5 Å². The van der Waals surface area contributed by atoms with Gasteiger partial charge in [0.2, 0.25) is 5.76 Å². The van der Waals surface area contributed by atoms with Crippen molar-refractivity contribution < 1.29 is 32.7 Å². The number of hydrogen-bond donors (Lipinski definition) is 0. The number of rotatable bonds is 7. The first-order valence-corrected chi connectivity index (χ1v) is 11.5. The summed E-state index contributed by atoms with van der Waals surface area (Å²) in [4.78, 5) is 24.3. The molecule has 0 aliphatic heterocycles. The van der Waals surface area contributed by atoms with E-state index in [9.17, 15) is 9.59 Å². The van der Waals surface area contributed by atoms with E-state index < -0.39 is 5.97 Å². The summed E-state index contributed by atoms with van der Waals surface area (Å²) in [6.07, 6.45) is 0. The van der Waals surface area contributed by atoms with Gasteiger partial charge in [0.05, 0.1) is 12.2 Å². The first kappa shape index (κ1) is 22.7. The molecule has 0 spiro atoms. The van der Waals surface area contributed by atoms with Gasteiger partial charge in [0.25, 0.3) is 0 Å². The van der Waals surface area contributed by atoms with Crippen molar-refractivity contribution in [2.45, 2.75) is 13.5 Å². The molecule has 5 rings (SSSR count). The largest absolute Gasteiger partial charge is 0.487 e. The zero-order valence-electron chi connectivity index (χ0n) is 18.4. The lowest BCUT2D eigenvalue weighted by Crippen LogP contribution is -2.06. The molecule has 0 atom stereocenters. The first-order valence-electron chi connectivity index (χ1n) is 10.7. The normalized spacial score (nSPS) is 11.0. The molecule has 0 fully saturated rings. The lowest BCUT2D eigenvalue weighted by molar-refractivity contribution is 0.0526. The van der Waals surface area contributed by atoms with Crippen LogP contribution in [-0.2, 0) is 11.3 Å². The lowest BCUT2D eigenvalue weighted by atomic mass is 10.2. The predicted octanol–water partition coefficient (Wildman–Crippen LogP) is 6.31. The van der Waals surface area contributed by atoms with Crippen LogP contribution in [0, 0.1) is 0 Å². The van der Waals surface area contributed by atoms with Gasteiger partial charge < -0.3 is 23.2 Å². The zero-order chi connectivity index (χ0) is 24.4. The van der Waals surface area contributed by atoms with Crippen molar-refractivity contribution in [2.75, 3.05) is 6.61 Å². The SMILES string of the molecule is CCOC(=O)c1ccc(OCc2noc3cc(OC(=O)c4cc5cc(Br)ccc5o4)ccc23)cc1. The monoisotopic (exact) mass is 535 g/mol. The number of ether oxygens (including phenoxy) is 3. The van der Waals surface area contributed by atoms with Gasteiger partial charge in [-0.25, -0.2) is 9.59 Å². The van der Waals surface area contributed by atoms with Gasteiger partial charge in [0, 0.05) is 21.3 Å². The van der Waals surface area contributed by atoms with Crippen molar-refractivity contribution in [3.8, 4) is 11.5 Å². The van der Waals surface area contributed by atoms with Gasteiger partial charge in [-0.15, -0.1) is 0 Å². The number of halogens is 1. The summed E-state index contributed by atoms with van der Waals surface area (Å²) in [6.45, 7) is 2.22. The highest BCUT2D eigenvalue weighted by Crippen LogP contribution is 2.27. The molecule has 0 saturated carbocycles. The summed E-state index contributed by atoms with van der Waals surface area (Å²) in [6, 6.07) is 18.7. The van der Waals surface area contributed by atoms with Crippen LogP contribution in [-0.4, -0.2) is 23.7 Å². The van der Waals surface area contributed by atoms with Gasteiger partial charge in [0.15, 0.2) is 5.58 Å². The van der Waals surface area contributed by atoms with E-state index in [0.29, 0.717) is 40.5 Å². The molecule has 0 saturated heterocycles. The average Bonchev–Trinajstić information content (AvgIpc) is 3.46. The molecule has 2 heterocycles. The second-order valence-corrected chi connectivity index (χ2v) is 8.42. The Kier molecular flexibility index (Phi) is 6.24. The molecule has 0 aliphatic rings. The third-order valence-corrected chi connectivity index (χ3v) is 5.64. The molecule has 9 heteroatoms. The summed E-state index contributed by atoms with van der Waals surface area (Å²) in [5.74, 6) is -0.0452. The molecule has 3 aromatic carbocycles. The van der Waals surface area contributed by atoms with Crippen LogP contribution in [0.3, 0.4) is 0 Å². The van der Waals surface area contributed by atoms with Crippen LogP contribution >= 0.6 is 15.9 Å². The highest BCUT2D eigenvalue weighted by molar-refractivity contribution is 9.10. The Labute approximate surface area is 207 Å². The molecule has 0 bridgehead atoms. The molecular formula is C26H18BrNO7. The number of carbonyl (C=O) groups excluding carboxylic acids is 2. The quantitative estimate of drug-likeness (QED) is 0.176. The minimum absolute atomic E-state index is 0.0961. The van der Waals surface area contributed by atoms with Crippen molar-refractivity contribution >= 4 is 49.8 Å². The predicted molar refractivity (Wildman–Crippen MR) is 130 cm³/mol. The minimum atomic E-state index is -0.619. The first-order chi connectivity index (χ1) is 17.0. The van der Waals surface area contributed by atoms with Crippen LogP contribution in [0.25, 0.3) is 21.9 Å². The van der Waals surface area contributed by atoms with E-state index in [4.69, 9.17) is 23.2 Å². The summed E-state index contributed by atoms with van der Waals surface area (Å²) >= 11 is 3.39. The molecule has 0 radical (unpaired) electrons. The highest BCUT2D eigenvalue weighted by atomic mass is 79.9. The zero-order valence-corrected chi connectivity index (χ0v) is 20.0. The Hall–Kier alpha value is -4.11. The lowest BCUT2D eigenvalue weighted by Gasteiger charge is -2.06. The number of carbonyl (C=O) groups is 2. The van der Waals surface area contributed by atoms with E-state index in [1.807, 2.05) is 12.1 Å². The second-order valence-electron chi connectivity index (χ2n) is 7.50. The number of benzene rings is 3. The van der Waals surface area contributed by atoms with E-state index in [-0.39, 0.29) is 18.3 Å².